The lowest BCUT2D eigenvalue weighted by Crippen LogP contribution is -2.54. The quantitative estimate of drug-likeness (QED) is 0.846. The molecule has 1 saturated heterocycles. The number of hydrogen-bond acceptors (Lipinski definition) is 3. The Morgan fingerprint density at radius 2 is 2.17 bits per heavy atom. The van der Waals surface area contributed by atoms with Gasteiger partial charge in [-0.15, -0.1) is 0 Å². The predicted molar refractivity (Wildman–Crippen MR) is 73.6 cm³/mol. The number of piperazine rings is 1. The minimum Gasteiger partial charge on any atom is -0.325 e. The highest BCUT2D eigenvalue weighted by atomic mass is 16.2. The van der Waals surface area contributed by atoms with E-state index in [1.165, 1.54) is 0 Å². The summed E-state index contributed by atoms with van der Waals surface area (Å²) in [4.78, 5) is 14.4. The number of anilines is 1. The fourth-order valence-corrected chi connectivity index (χ4v) is 2.25. The van der Waals surface area contributed by atoms with E-state index in [1.807, 2.05) is 37.3 Å². The summed E-state index contributed by atoms with van der Waals surface area (Å²) in [7, 11) is 0. The monoisotopic (exact) mass is 247 g/mol. The maximum Gasteiger partial charge on any atom is 0.241 e. The zero-order valence-corrected chi connectivity index (χ0v) is 11.0. The Labute approximate surface area is 108 Å². The van der Waals surface area contributed by atoms with E-state index in [-0.39, 0.29) is 11.9 Å². The summed E-state index contributed by atoms with van der Waals surface area (Å²) in [5.74, 6) is 0.0651. The third kappa shape index (κ3) is 3.31. The summed E-state index contributed by atoms with van der Waals surface area (Å²) < 4.78 is 0. The van der Waals surface area contributed by atoms with Gasteiger partial charge >= 0.3 is 0 Å². The van der Waals surface area contributed by atoms with Gasteiger partial charge in [0.05, 0.1) is 6.04 Å². The van der Waals surface area contributed by atoms with E-state index in [2.05, 4.69) is 22.5 Å². The SMILES string of the molecule is CC(C(=O)Nc1ccccc1)N1CCN[C@H](C)C1. The second-order valence-electron chi connectivity index (χ2n) is 4.88. The number of nitrogens with zero attached hydrogens (tertiary/aromatic N) is 1. The van der Waals surface area contributed by atoms with E-state index < -0.39 is 0 Å². The zero-order chi connectivity index (χ0) is 13.0. The summed E-state index contributed by atoms with van der Waals surface area (Å²) in [6, 6.07) is 9.97. The van der Waals surface area contributed by atoms with E-state index in [4.69, 9.17) is 0 Å². The van der Waals surface area contributed by atoms with Crippen LogP contribution in [0.4, 0.5) is 5.69 Å². The number of para-hydroxylation sites is 1. The molecular weight excluding hydrogens is 226 g/mol. The van der Waals surface area contributed by atoms with E-state index in [0.29, 0.717) is 6.04 Å². The minimum atomic E-state index is -0.0882. The fourth-order valence-electron chi connectivity index (χ4n) is 2.25. The summed E-state index contributed by atoms with van der Waals surface area (Å²) in [6.07, 6.45) is 0. The Hall–Kier alpha value is -1.39. The van der Waals surface area contributed by atoms with E-state index in [0.717, 1.165) is 25.3 Å². The van der Waals surface area contributed by atoms with Crippen LogP contribution in [0.3, 0.4) is 0 Å². The first-order valence-electron chi connectivity index (χ1n) is 6.50. The summed E-state index contributed by atoms with van der Waals surface area (Å²) >= 11 is 0. The smallest absolute Gasteiger partial charge is 0.241 e. The van der Waals surface area contributed by atoms with Crippen LogP contribution in [0.5, 0.6) is 0 Å². The molecule has 0 aromatic heterocycles. The van der Waals surface area contributed by atoms with Crippen LogP contribution in [0.25, 0.3) is 0 Å². The highest BCUT2D eigenvalue weighted by Crippen LogP contribution is 2.09. The van der Waals surface area contributed by atoms with Crippen molar-refractivity contribution in [1.29, 1.82) is 0 Å². The van der Waals surface area contributed by atoms with E-state index >= 15 is 0 Å². The van der Waals surface area contributed by atoms with Crippen molar-refractivity contribution in [3.8, 4) is 0 Å². The topological polar surface area (TPSA) is 44.4 Å². The molecule has 1 unspecified atom stereocenters. The molecule has 0 saturated carbocycles. The van der Waals surface area contributed by atoms with Crippen molar-refractivity contribution in [1.82, 2.24) is 10.2 Å². The van der Waals surface area contributed by atoms with Crippen LogP contribution in [0, 0.1) is 0 Å². The third-order valence-corrected chi connectivity index (χ3v) is 3.37. The van der Waals surface area contributed by atoms with Crippen LogP contribution in [0.1, 0.15) is 13.8 Å². The number of rotatable bonds is 3. The lowest BCUT2D eigenvalue weighted by atomic mass is 10.1. The molecule has 1 aromatic carbocycles. The maximum atomic E-state index is 12.1. The Morgan fingerprint density at radius 1 is 1.44 bits per heavy atom. The van der Waals surface area contributed by atoms with Crippen molar-refractivity contribution in [2.45, 2.75) is 25.9 Å². The molecule has 0 radical (unpaired) electrons. The molecule has 1 aromatic rings. The van der Waals surface area contributed by atoms with Gasteiger partial charge in [-0.3, -0.25) is 9.69 Å². The van der Waals surface area contributed by atoms with Crippen LogP contribution in [0.2, 0.25) is 0 Å². The molecule has 0 spiro atoms. The van der Waals surface area contributed by atoms with Gasteiger partial charge in [0.1, 0.15) is 0 Å². The number of benzene rings is 1. The first kappa shape index (κ1) is 13.1. The lowest BCUT2D eigenvalue weighted by Gasteiger charge is -2.35. The third-order valence-electron chi connectivity index (χ3n) is 3.37. The second-order valence-corrected chi connectivity index (χ2v) is 4.88. The Morgan fingerprint density at radius 3 is 2.83 bits per heavy atom. The van der Waals surface area contributed by atoms with Gasteiger partial charge in [-0.25, -0.2) is 0 Å². The second kappa shape index (κ2) is 5.98. The van der Waals surface area contributed by atoms with Crippen molar-refractivity contribution in [3.63, 3.8) is 0 Å². The van der Waals surface area contributed by atoms with Crippen molar-refractivity contribution in [2.75, 3.05) is 25.0 Å². The zero-order valence-electron chi connectivity index (χ0n) is 11.0. The first-order chi connectivity index (χ1) is 8.66. The molecule has 0 aliphatic carbocycles. The highest BCUT2D eigenvalue weighted by molar-refractivity contribution is 5.94. The largest absolute Gasteiger partial charge is 0.325 e. The van der Waals surface area contributed by atoms with E-state index in [9.17, 15) is 4.79 Å². The van der Waals surface area contributed by atoms with Crippen molar-refractivity contribution in [2.24, 2.45) is 0 Å². The number of hydrogen-bond donors (Lipinski definition) is 2. The molecule has 1 heterocycles. The number of nitrogens with one attached hydrogen (secondary N) is 2. The molecule has 2 atom stereocenters. The molecule has 0 bridgehead atoms. The fraction of sp³-hybridized carbons (Fsp3) is 0.500. The molecule has 1 aliphatic heterocycles. The van der Waals surface area contributed by atoms with Crippen LogP contribution in [-0.2, 0) is 4.79 Å². The molecule has 1 amide bonds. The molecule has 98 valence electrons. The van der Waals surface area contributed by atoms with Gasteiger partial charge in [-0.05, 0) is 26.0 Å². The summed E-state index contributed by atoms with van der Waals surface area (Å²) in [5, 5.41) is 6.33. The van der Waals surface area contributed by atoms with Crippen molar-refractivity contribution < 1.29 is 4.79 Å². The Balaban J connectivity index is 1.92. The average Bonchev–Trinajstić information content (AvgIpc) is 2.39. The number of amides is 1. The molecule has 1 fully saturated rings. The van der Waals surface area contributed by atoms with Gasteiger partial charge in [0, 0.05) is 31.4 Å². The normalized spacial score (nSPS) is 22.4. The number of carbonyl (C=O) groups excluding carboxylic acids is 1. The van der Waals surface area contributed by atoms with Crippen LogP contribution >= 0.6 is 0 Å². The highest BCUT2D eigenvalue weighted by Gasteiger charge is 2.25. The Kier molecular flexibility index (Phi) is 4.33. The molecule has 2 N–H and O–H groups in total. The standard InChI is InChI=1S/C14H21N3O/c1-11-10-17(9-8-15-11)12(2)14(18)16-13-6-4-3-5-7-13/h3-7,11-12,15H,8-10H2,1-2H3,(H,16,18)/t11-,12?/m1/s1. The molecule has 4 nitrogen and oxygen atoms in total. The van der Waals surface area contributed by atoms with Crippen molar-refractivity contribution >= 4 is 11.6 Å². The van der Waals surface area contributed by atoms with Crippen LogP contribution in [0.15, 0.2) is 30.3 Å². The minimum absolute atomic E-state index is 0.0651. The number of carbonyl (C=O) groups is 1. The van der Waals surface area contributed by atoms with Gasteiger partial charge in [-0.2, -0.15) is 0 Å². The molecule has 1 aliphatic rings. The van der Waals surface area contributed by atoms with Gasteiger partial charge < -0.3 is 10.6 Å². The van der Waals surface area contributed by atoms with Crippen molar-refractivity contribution in [3.05, 3.63) is 30.3 Å². The van der Waals surface area contributed by atoms with Crippen LogP contribution < -0.4 is 10.6 Å². The van der Waals surface area contributed by atoms with E-state index in [1.54, 1.807) is 0 Å². The molecule has 2 rings (SSSR count). The van der Waals surface area contributed by atoms with Gasteiger partial charge in [0.2, 0.25) is 5.91 Å². The van der Waals surface area contributed by atoms with Gasteiger partial charge in [-0.1, -0.05) is 18.2 Å². The molecular formula is C14H21N3O. The predicted octanol–water partition coefficient (Wildman–Crippen LogP) is 1.31. The first-order valence-corrected chi connectivity index (χ1v) is 6.50. The van der Waals surface area contributed by atoms with Gasteiger partial charge in [0.15, 0.2) is 0 Å². The Bertz CT molecular complexity index is 393. The summed E-state index contributed by atoms with van der Waals surface area (Å²) in [5.41, 5.74) is 0.859. The van der Waals surface area contributed by atoms with Gasteiger partial charge in [0.25, 0.3) is 0 Å². The lowest BCUT2D eigenvalue weighted by molar-refractivity contribution is -0.121. The molecule has 18 heavy (non-hydrogen) atoms. The molecule has 4 heteroatoms. The maximum absolute atomic E-state index is 12.1. The van der Waals surface area contributed by atoms with Crippen LogP contribution in [-0.4, -0.2) is 42.5 Å². The average molecular weight is 247 g/mol. The summed E-state index contributed by atoms with van der Waals surface area (Å²) in [6.45, 7) is 6.91.